The van der Waals surface area contributed by atoms with Crippen molar-refractivity contribution in [1.82, 2.24) is 24.3 Å². The van der Waals surface area contributed by atoms with E-state index in [1.807, 2.05) is 16.8 Å². The first kappa shape index (κ1) is 30.8. The molecule has 0 aromatic carbocycles. The number of carbonyl (C=O) groups excluding carboxylic acids is 1. The molecule has 3 rings (SSSR count). The molecule has 3 aromatic heterocycles. The third kappa shape index (κ3) is 9.74. The maximum Gasteiger partial charge on any atom is 0.411 e. The van der Waals surface area contributed by atoms with Gasteiger partial charge in [0.05, 0.1) is 11.9 Å². The Bertz CT molecular complexity index is 1150. The Hall–Kier alpha value is -2.75. The molecular formula is C29H42F3N5O2. The van der Waals surface area contributed by atoms with E-state index in [0.717, 1.165) is 17.5 Å². The van der Waals surface area contributed by atoms with Gasteiger partial charge >= 0.3 is 6.18 Å². The number of halogens is 3. The van der Waals surface area contributed by atoms with Gasteiger partial charge in [-0.05, 0) is 24.3 Å². The second-order valence-electron chi connectivity index (χ2n) is 11.4. The van der Waals surface area contributed by atoms with Crippen LogP contribution in [-0.2, 0) is 16.3 Å². The number of alkyl halides is 3. The fourth-order valence-electron chi connectivity index (χ4n) is 4.71. The molecule has 0 saturated carbocycles. The molecule has 0 bridgehead atoms. The van der Waals surface area contributed by atoms with Gasteiger partial charge in [-0.2, -0.15) is 18.3 Å². The highest BCUT2D eigenvalue weighted by Crippen LogP contribution is 2.34. The van der Waals surface area contributed by atoms with Crippen LogP contribution in [0, 0.1) is 5.41 Å². The minimum atomic E-state index is -4.59. The van der Waals surface area contributed by atoms with Crippen molar-refractivity contribution in [2.24, 2.45) is 5.41 Å². The molecule has 3 heterocycles. The molecule has 39 heavy (non-hydrogen) atoms. The Morgan fingerprint density at radius 1 is 0.974 bits per heavy atom. The zero-order chi connectivity index (χ0) is 28.3. The fourth-order valence-corrected chi connectivity index (χ4v) is 4.71. The Labute approximate surface area is 229 Å². The highest BCUT2D eigenvalue weighted by molar-refractivity contribution is 5.90. The van der Waals surface area contributed by atoms with Gasteiger partial charge in [-0.1, -0.05) is 72.1 Å². The molecule has 0 spiro atoms. The van der Waals surface area contributed by atoms with Crippen molar-refractivity contribution in [2.75, 3.05) is 6.61 Å². The molecule has 0 aliphatic carbocycles. The normalized spacial score (nSPS) is 13.3. The zero-order valence-corrected chi connectivity index (χ0v) is 23.4. The van der Waals surface area contributed by atoms with E-state index in [0.29, 0.717) is 41.0 Å². The number of rotatable bonds is 17. The first-order chi connectivity index (χ1) is 18.6. The van der Waals surface area contributed by atoms with Crippen molar-refractivity contribution in [1.29, 1.82) is 0 Å². The first-order valence-electron chi connectivity index (χ1n) is 14.0. The van der Waals surface area contributed by atoms with Crippen LogP contribution in [0.15, 0.2) is 31.0 Å². The van der Waals surface area contributed by atoms with E-state index in [-0.39, 0.29) is 6.29 Å². The number of unbranched alkanes of at least 4 members (excludes halogenated alkanes) is 8. The predicted octanol–water partition coefficient (Wildman–Crippen LogP) is 7.91. The molecule has 10 heteroatoms. The molecule has 216 valence electrons. The van der Waals surface area contributed by atoms with Crippen LogP contribution in [0.1, 0.15) is 97.4 Å². The number of fused-ring (bicyclic) bond motifs is 1. The van der Waals surface area contributed by atoms with Gasteiger partial charge in [0.1, 0.15) is 25.0 Å². The van der Waals surface area contributed by atoms with Crippen LogP contribution >= 0.6 is 0 Å². The Morgan fingerprint density at radius 2 is 1.64 bits per heavy atom. The average molecular weight is 550 g/mol. The smallest absolute Gasteiger partial charge is 0.361 e. The van der Waals surface area contributed by atoms with Gasteiger partial charge in [-0.25, -0.2) is 9.97 Å². The Morgan fingerprint density at radius 3 is 2.28 bits per heavy atom. The van der Waals surface area contributed by atoms with E-state index >= 15 is 0 Å². The quantitative estimate of drug-likeness (QED) is 0.126. The lowest BCUT2D eigenvalue weighted by molar-refractivity contribution is -0.172. The van der Waals surface area contributed by atoms with Gasteiger partial charge in [0.25, 0.3) is 0 Å². The lowest BCUT2D eigenvalue weighted by atomic mass is 9.89. The highest BCUT2D eigenvalue weighted by Gasteiger charge is 2.41. The molecule has 0 radical (unpaired) electrons. The standard InChI is InChI=1S/C29H42F3N5O2/c1-28(2,3)15-11-9-7-5-4-6-8-10-12-18-39-22-36-16-13-24-26(33-21-34-27(24)36)23-19-35-37(20-23)25(14-17-38)29(30,31)32/h13,16-17,19-21,25H,4-12,14-15,18,22H2,1-3H3. The molecule has 1 atom stereocenters. The van der Waals surface area contributed by atoms with Crippen LogP contribution in [0.5, 0.6) is 0 Å². The lowest BCUT2D eigenvalue weighted by Crippen LogP contribution is -2.27. The predicted molar refractivity (Wildman–Crippen MR) is 146 cm³/mol. The minimum absolute atomic E-state index is 0.249. The van der Waals surface area contributed by atoms with E-state index in [1.165, 1.54) is 70.1 Å². The largest absolute Gasteiger partial charge is 0.411 e. The molecule has 0 aliphatic heterocycles. The van der Waals surface area contributed by atoms with Crippen molar-refractivity contribution in [3.8, 4) is 11.3 Å². The van der Waals surface area contributed by atoms with Gasteiger partial charge < -0.3 is 14.1 Å². The van der Waals surface area contributed by atoms with E-state index in [1.54, 1.807) is 0 Å². The minimum Gasteiger partial charge on any atom is -0.361 e. The van der Waals surface area contributed by atoms with Gasteiger partial charge in [-0.15, -0.1) is 0 Å². The van der Waals surface area contributed by atoms with Gasteiger partial charge in [0.15, 0.2) is 6.04 Å². The molecule has 0 N–H and O–H groups in total. The van der Waals surface area contributed by atoms with Crippen LogP contribution in [-0.4, -0.2) is 43.4 Å². The second kappa shape index (κ2) is 14.6. The number of hydrogen-bond donors (Lipinski definition) is 0. The monoisotopic (exact) mass is 549 g/mol. The van der Waals surface area contributed by atoms with E-state index in [2.05, 4.69) is 35.8 Å². The number of carbonyl (C=O) groups is 1. The second-order valence-corrected chi connectivity index (χ2v) is 11.4. The Balaban J connectivity index is 1.40. The fraction of sp³-hybridized carbons (Fsp3) is 0.655. The van der Waals surface area contributed by atoms with E-state index < -0.39 is 18.6 Å². The van der Waals surface area contributed by atoms with Crippen molar-refractivity contribution >= 4 is 17.3 Å². The summed E-state index contributed by atoms with van der Waals surface area (Å²) in [6.07, 6.45) is 13.4. The third-order valence-electron chi connectivity index (χ3n) is 6.89. The highest BCUT2D eigenvalue weighted by atomic mass is 19.4. The maximum atomic E-state index is 13.3. The molecule has 0 aliphatic rings. The molecule has 0 amide bonds. The molecule has 0 saturated heterocycles. The summed E-state index contributed by atoms with van der Waals surface area (Å²) in [4.78, 5) is 19.4. The molecule has 3 aromatic rings. The lowest BCUT2D eigenvalue weighted by Gasteiger charge is -2.18. The maximum absolute atomic E-state index is 13.3. The summed E-state index contributed by atoms with van der Waals surface area (Å²) in [6, 6.07) is -0.191. The zero-order valence-electron chi connectivity index (χ0n) is 23.4. The number of aldehydes is 1. The first-order valence-corrected chi connectivity index (χ1v) is 14.0. The number of hydrogen-bond acceptors (Lipinski definition) is 5. The van der Waals surface area contributed by atoms with Crippen molar-refractivity contribution in [3.05, 3.63) is 31.0 Å². The topological polar surface area (TPSA) is 74.8 Å². The molecular weight excluding hydrogens is 507 g/mol. The summed E-state index contributed by atoms with van der Waals surface area (Å²) < 4.78 is 48.5. The number of aromatic nitrogens is 5. The van der Waals surface area contributed by atoms with Gasteiger partial charge in [0.2, 0.25) is 0 Å². The van der Waals surface area contributed by atoms with Crippen molar-refractivity contribution in [3.63, 3.8) is 0 Å². The summed E-state index contributed by atoms with van der Waals surface area (Å²) in [6.45, 7) is 7.91. The third-order valence-corrected chi connectivity index (χ3v) is 6.89. The van der Waals surface area contributed by atoms with E-state index in [9.17, 15) is 18.0 Å². The summed E-state index contributed by atoms with van der Waals surface area (Å²) >= 11 is 0. The van der Waals surface area contributed by atoms with E-state index in [4.69, 9.17) is 4.74 Å². The van der Waals surface area contributed by atoms with Crippen LogP contribution < -0.4 is 0 Å². The average Bonchev–Trinajstić information content (AvgIpc) is 3.51. The molecule has 1 unspecified atom stereocenters. The SMILES string of the molecule is CC(C)(C)CCCCCCCCCCCOCn1ccc2c(-c3cnn(C(CC=O)C(F)(F)F)c3)ncnc21. The number of nitrogens with zero attached hydrogens (tertiary/aromatic N) is 5. The van der Waals surface area contributed by atoms with Crippen LogP contribution in [0.3, 0.4) is 0 Å². The molecule has 7 nitrogen and oxygen atoms in total. The Kier molecular flexibility index (Phi) is 11.5. The summed E-state index contributed by atoms with van der Waals surface area (Å²) in [5.74, 6) is 0. The summed E-state index contributed by atoms with van der Waals surface area (Å²) in [7, 11) is 0. The van der Waals surface area contributed by atoms with Crippen molar-refractivity contribution < 1.29 is 22.7 Å². The summed E-state index contributed by atoms with van der Waals surface area (Å²) in [5, 5.41) is 4.55. The van der Waals surface area contributed by atoms with Gasteiger partial charge in [-0.3, -0.25) is 4.68 Å². The number of ether oxygens (including phenoxy) is 1. The summed E-state index contributed by atoms with van der Waals surface area (Å²) in [5.41, 5.74) is 1.98. The van der Waals surface area contributed by atoms with Crippen molar-refractivity contribution in [2.45, 2.75) is 110 Å². The van der Waals surface area contributed by atoms with Crippen LogP contribution in [0.4, 0.5) is 13.2 Å². The van der Waals surface area contributed by atoms with Gasteiger partial charge in [0, 0.05) is 36.4 Å². The van der Waals surface area contributed by atoms with Crippen LogP contribution in [0.25, 0.3) is 22.3 Å². The molecule has 0 fully saturated rings. The van der Waals surface area contributed by atoms with Crippen LogP contribution in [0.2, 0.25) is 0 Å².